The molecule has 0 saturated heterocycles. The summed E-state index contributed by atoms with van der Waals surface area (Å²) >= 11 is 0. The molecule has 0 saturated carbocycles. The van der Waals surface area contributed by atoms with E-state index in [9.17, 15) is 14.3 Å². The summed E-state index contributed by atoms with van der Waals surface area (Å²) in [5.41, 5.74) is 2.68. The van der Waals surface area contributed by atoms with Gasteiger partial charge in [-0.3, -0.25) is 9.79 Å². The Bertz CT molecular complexity index is 1010. The third-order valence-electron chi connectivity index (χ3n) is 5.08. The molecule has 4 N–H and O–H groups in total. The number of benzene rings is 2. The Morgan fingerprint density at radius 3 is 2.50 bits per heavy atom. The number of carbonyl (C=O) groups excluding carboxylic acids is 1. The van der Waals surface area contributed by atoms with Crippen LogP contribution < -0.4 is 15.4 Å². The van der Waals surface area contributed by atoms with E-state index in [1.54, 1.807) is 37.5 Å². The minimum absolute atomic E-state index is 0.0389. The molecule has 2 unspecified atom stereocenters. The van der Waals surface area contributed by atoms with Crippen molar-refractivity contribution in [2.75, 3.05) is 23.8 Å². The van der Waals surface area contributed by atoms with E-state index in [1.807, 2.05) is 50.4 Å². The third-order valence-corrected chi connectivity index (χ3v) is 6.96. The maximum Gasteiger partial charge on any atom is 0.225 e. The molecule has 0 aliphatic rings. The highest BCUT2D eigenvalue weighted by Gasteiger charge is 2.20. The Kier molecular flexibility index (Phi) is 10.8. The number of aliphatic imine (C=N–C) groups is 1. The lowest BCUT2D eigenvalue weighted by Gasteiger charge is -2.31. The number of amidine groups is 1. The van der Waals surface area contributed by atoms with Crippen molar-refractivity contribution in [3.05, 3.63) is 76.8 Å². The summed E-state index contributed by atoms with van der Waals surface area (Å²) in [4.78, 5) is 28.2. The van der Waals surface area contributed by atoms with Crippen LogP contribution in [-0.4, -0.2) is 41.4 Å². The highest BCUT2D eigenvalue weighted by Crippen LogP contribution is 2.39. The largest absolute Gasteiger partial charge is 0.349 e. The van der Waals surface area contributed by atoms with Crippen LogP contribution in [0.1, 0.15) is 31.4 Å². The molecule has 2 rings (SSSR count). The van der Waals surface area contributed by atoms with E-state index >= 15 is 0 Å². The molecule has 0 aromatic heterocycles. The summed E-state index contributed by atoms with van der Waals surface area (Å²) in [6, 6.07) is 14.2. The number of carbonyl (C=O) groups is 1. The standard InChI is InChI=1S/C25H35N5O3S/c1-5-15-27-25(26-3)23(28-24(31)18-20-9-7-8-10-22(20)29-32)17-19-11-13-21(14-12-19)30-34(4,33)16-6-2/h5,7-15,23,30,33H,6,16-18H2,1-4H3,(H,26,27)(H,28,31)/b15-5+. The zero-order valence-corrected chi connectivity index (χ0v) is 21.1. The quantitative estimate of drug-likeness (QED) is 0.189. The third kappa shape index (κ3) is 8.64. The average molecular weight is 486 g/mol. The summed E-state index contributed by atoms with van der Waals surface area (Å²) in [6.45, 7) is 3.93. The number of hydrogen-bond donors (Lipinski definition) is 4. The Balaban J connectivity index is 2.17. The van der Waals surface area contributed by atoms with Gasteiger partial charge in [-0.2, -0.15) is 0 Å². The van der Waals surface area contributed by atoms with Gasteiger partial charge in [-0.15, -0.1) is 4.91 Å². The van der Waals surface area contributed by atoms with E-state index in [0.29, 0.717) is 17.8 Å². The number of nitroso groups, excluding NO2 is 1. The first-order valence-electron chi connectivity index (χ1n) is 11.2. The SMILES string of the molecule is C/C=C/NC(=NC)C(Cc1ccc(NS(C)(O)CCC)cc1)NC(=O)Cc1ccccc1N=O. The predicted molar refractivity (Wildman–Crippen MR) is 144 cm³/mol. The minimum atomic E-state index is -1.87. The Morgan fingerprint density at radius 1 is 1.18 bits per heavy atom. The molecule has 2 atom stereocenters. The molecule has 0 aliphatic heterocycles. The van der Waals surface area contributed by atoms with Gasteiger partial charge in [0.15, 0.2) is 0 Å². The molecule has 0 bridgehead atoms. The van der Waals surface area contributed by atoms with Gasteiger partial charge in [-0.1, -0.05) is 53.8 Å². The summed E-state index contributed by atoms with van der Waals surface area (Å²) in [7, 11) is -0.204. The Labute approximate surface area is 203 Å². The highest BCUT2D eigenvalue weighted by atomic mass is 32.3. The average Bonchev–Trinajstić information content (AvgIpc) is 2.80. The molecule has 0 fully saturated rings. The van der Waals surface area contributed by atoms with Gasteiger partial charge in [0.1, 0.15) is 11.5 Å². The smallest absolute Gasteiger partial charge is 0.225 e. The molecule has 8 nitrogen and oxygen atoms in total. The monoisotopic (exact) mass is 485 g/mol. The fraction of sp³-hybridized carbons (Fsp3) is 0.360. The second kappa shape index (κ2) is 13.5. The maximum absolute atomic E-state index is 12.9. The van der Waals surface area contributed by atoms with Gasteiger partial charge in [0.25, 0.3) is 0 Å². The zero-order chi connectivity index (χ0) is 25.0. The van der Waals surface area contributed by atoms with Crippen molar-refractivity contribution >= 4 is 33.6 Å². The molecule has 0 heterocycles. The first kappa shape index (κ1) is 27.1. The van der Waals surface area contributed by atoms with Gasteiger partial charge in [-0.25, -0.2) is 0 Å². The van der Waals surface area contributed by atoms with Crippen LogP contribution in [0.4, 0.5) is 11.4 Å². The molecule has 184 valence electrons. The number of rotatable bonds is 12. The Hall–Kier alpha value is -3.17. The van der Waals surface area contributed by atoms with Crippen LogP contribution in [0.3, 0.4) is 0 Å². The second-order valence-corrected chi connectivity index (χ2v) is 10.7. The van der Waals surface area contributed by atoms with Crippen LogP contribution in [0.25, 0.3) is 0 Å². The van der Waals surface area contributed by atoms with Crippen molar-refractivity contribution < 1.29 is 9.35 Å². The molecule has 2 aromatic rings. The molecule has 0 radical (unpaired) electrons. The van der Waals surface area contributed by atoms with Crippen LogP contribution in [-0.2, 0) is 17.6 Å². The highest BCUT2D eigenvalue weighted by molar-refractivity contribution is 8.29. The minimum Gasteiger partial charge on any atom is -0.349 e. The van der Waals surface area contributed by atoms with Crippen molar-refractivity contribution in [1.82, 2.24) is 10.6 Å². The van der Waals surface area contributed by atoms with Crippen LogP contribution in [0.5, 0.6) is 0 Å². The van der Waals surface area contributed by atoms with E-state index in [1.165, 1.54) is 0 Å². The van der Waals surface area contributed by atoms with Gasteiger partial charge in [0, 0.05) is 24.7 Å². The van der Waals surface area contributed by atoms with Crippen LogP contribution in [0, 0.1) is 4.91 Å². The molecular formula is C25H35N5O3S. The number of hydrogen-bond acceptors (Lipinski definition) is 6. The predicted octanol–water partition coefficient (Wildman–Crippen LogP) is 5.15. The fourth-order valence-electron chi connectivity index (χ4n) is 3.52. The molecular weight excluding hydrogens is 450 g/mol. The number of amides is 1. The lowest BCUT2D eigenvalue weighted by molar-refractivity contribution is -0.120. The maximum atomic E-state index is 12.9. The number of anilines is 1. The number of nitrogens with one attached hydrogen (secondary N) is 3. The van der Waals surface area contributed by atoms with Crippen LogP contribution in [0.15, 0.2) is 71.0 Å². The summed E-state index contributed by atoms with van der Waals surface area (Å²) in [5, 5.41) is 9.18. The molecule has 34 heavy (non-hydrogen) atoms. The van der Waals surface area contributed by atoms with E-state index in [4.69, 9.17) is 0 Å². The molecule has 2 aromatic carbocycles. The molecule has 0 spiro atoms. The topological polar surface area (TPSA) is 115 Å². The summed E-state index contributed by atoms with van der Waals surface area (Å²) in [6.07, 6.45) is 6.90. The van der Waals surface area contributed by atoms with Gasteiger partial charge >= 0.3 is 0 Å². The van der Waals surface area contributed by atoms with Crippen molar-refractivity contribution in [3.63, 3.8) is 0 Å². The fourth-order valence-corrected chi connectivity index (χ4v) is 5.06. The first-order valence-corrected chi connectivity index (χ1v) is 13.4. The normalized spacial score (nSPS) is 15.3. The number of nitrogens with zero attached hydrogens (tertiary/aromatic N) is 2. The van der Waals surface area contributed by atoms with E-state index < -0.39 is 16.5 Å². The lowest BCUT2D eigenvalue weighted by Crippen LogP contribution is -2.47. The second-order valence-electron chi connectivity index (χ2n) is 8.02. The van der Waals surface area contributed by atoms with Crippen molar-refractivity contribution in [3.8, 4) is 0 Å². The van der Waals surface area contributed by atoms with Crippen molar-refractivity contribution in [2.24, 2.45) is 10.2 Å². The van der Waals surface area contributed by atoms with Gasteiger partial charge < -0.3 is 19.9 Å². The van der Waals surface area contributed by atoms with Crippen LogP contribution in [0.2, 0.25) is 0 Å². The van der Waals surface area contributed by atoms with Crippen molar-refractivity contribution in [2.45, 2.75) is 39.2 Å². The van der Waals surface area contributed by atoms with E-state index in [-0.39, 0.29) is 18.0 Å². The van der Waals surface area contributed by atoms with Gasteiger partial charge in [0.05, 0.1) is 12.5 Å². The number of allylic oxidation sites excluding steroid dienone is 1. The van der Waals surface area contributed by atoms with Crippen molar-refractivity contribution in [1.29, 1.82) is 0 Å². The van der Waals surface area contributed by atoms with Crippen LogP contribution >= 0.6 is 10.5 Å². The van der Waals surface area contributed by atoms with E-state index in [0.717, 1.165) is 23.4 Å². The summed E-state index contributed by atoms with van der Waals surface area (Å²) < 4.78 is 13.7. The molecule has 0 aliphatic carbocycles. The molecule has 9 heteroatoms. The lowest BCUT2D eigenvalue weighted by atomic mass is 10.0. The molecule has 1 amide bonds. The first-order chi connectivity index (χ1) is 16.3. The summed E-state index contributed by atoms with van der Waals surface area (Å²) in [5.74, 6) is 1.10. The zero-order valence-electron chi connectivity index (χ0n) is 20.2. The van der Waals surface area contributed by atoms with Gasteiger partial charge in [-0.05, 0) is 60.5 Å². The van der Waals surface area contributed by atoms with Gasteiger partial charge in [0.2, 0.25) is 5.91 Å². The Morgan fingerprint density at radius 2 is 1.88 bits per heavy atom. The van der Waals surface area contributed by atoms with E-state index in [2.05, 4.69) is 25.5 Å².